The number of ether oxygens (including phenoxy) is 1. The van der Waals surface area contributed by atoms with Crippen LogP contribution >= 0.6 is 15.9 Å². The molecule has 11 heteroatoms. The topological polar surface area (TPSA) is 97.2 Å². The van der Waals surface area contributed by atoms with Crippen molar-refractivity contribution >= 4 is 29.9 Å². The van der Waals surface area contributed by atoms with Gasteiger partial charge in [0, 0.05) is 26.1 Å². The third-order valence-electron chi connectivity index (χ3n) is 4.95. The Morgan fingerprint density at radius 1 is 1.29 bits per heavy atom. The van der Waals surface area contributed by atoms with Gasteiger partial charge in [-0.1, -0.05) is 20.8 Å². The highest BCUT2D eigenvalue weighted by atomic mass is 79.9. The van der Waals surface area contributed by atoms with Gasteiger partial charge >= 0.3 is 11.6 Å². The van der Waals surface area contributed by atoms with E-state index in [1.165, 1.54) is 4.68 Å². The molecule has 0 aliphatic rings. The Bertz CT molecular complexity index is 857. The second-order valence-corrected chi connectivity index (χ2v) is 13.8. The van der Waals surface area contributed by atoms with E-state index in [4.69, 9.17) is 9.16 Å². The van der Waals surface area contributed by atoms with Gasteiger partial charge in [-0.3, -0.25) is 14.8 Å². The van der Waals surface area contributed by atoms with Crippen LogP contribution in [0.5, 0.6) is 5.88 Å². The first-order chi connectivity index (χ1) is 12.8. The van der Waals surface area contributed by atoms with E-state index in [0.717, 1.165) is 5.69 Å². The maximum absolute atomic E-state index is 11.5. The average molecular weight is 474 g/mol. The van der Waals surface area contributed by atoms with Crippen molar-refractivity contribution in [3.8, 4) is 11.7 Å². The number of hydrogen-bond donors (Lipinski definition) is 0. The molecular formula is C17H28BrN5O4Si. The standard InChI is InChI=1S/C17H28BrN5O4Si/c1-12-11-13(21(5)19-12)22-15(18)14(23(24)25)16(20-22)26-9-8-10-27-28(6,7)17(2,3)4/h11H,8-10H2,1-7H3. The molecule has 0 saturated carbocycles. The van der Waals surface area contributed by atoms with E-state index in [9.17, 15) is 10.1 Å². The van der Waals surface area contributed by atoms with Gasteiger partial charge in [0.1, 0.15) is 0 Å². The minimum Gasteiger partial charge on any atom is -0.472 e. The SMILES string of the molecule is Cc1cc(-n2nc(OCCCO[Si](C)(C)C(C)(C)C)c([N+](=O)[O-])c2Br)n(C)n1. The molecule has 2 heterocycles. The highest BCUT2D eigenvalue weighted by Gasteiger charge is 2.37. The summed E-state index contributed by atoms with van der Waals surface area (Å²) in [5.41, 5.74) is 0.581. The maximum Gasteiger partial charge on any atom is 0.364 e. The fraction of sp³-hybridized carbons (Fsp3) is 0.647. The average Bonchev–Trinajstić information content (AvgIpc) is 3.04. The molecule has 0 atom stereocenters. The number of nitrogens with zero attached hydrogens (tertiary/aromatic N) is 5. The molecule has 0 amide bonds. The highest BCUT2D eigenvalue weighted by Crippen LogP contribution is 2.37. The number of aromatic nitrogens is 4. The molecule has 0 radical (unpaired) electrons. The lowest BCUT2D eigenvalue weighted by Crippen LogP contribution is -2.41. The first-order valence-electron chi connectivity index (χ1n) is 9.06. The summed E-state index contributed by atoms with van der Waals surface area (Å²) in [5, 5.41) is 20.2. The van der Waals surface area contributed by atoms with Gasteiger partial charge in [-0.15, -0.1) is 5.10 Å². The Morgan fingerprint density at radius 2 is 1.93 bits per heavy atom. The third-order valence-corrected chi connectivity index (χ3v) is 10.2. The van der Waals surface area contributed by atoms with E-state index in [1.807, 2.05) is 6.92 Å². The van der Waals surface area contributed by atoms with Crippen molar-refractivity contribution in [2.24, 2.45) is 7.05 Å². The molecule has 28 heavy (non-hydrogen) atoms. The van der Waals surface area contributed by atoms with Crippen LogP contribution in [0, 0.1) is 17.0 Å². The summed E-state index contributed by atoms with van der Waals surface area (Å²) < 4.78 is 15.0. The molecular weight excluding hydrogens is 446 g/mol. The van der Waals surface area contributed by atoms with Gasteiger partial charge in [0.15, 0.2) is 18.7 Å². The fourth-order valence-corrected chi connectivity index (χ4v) is 4.00. The lowest BCUT2D eigenvalue weighted by molar-refractivity contribution is -0.386. The van der Waals surface area contributed by atoms with Crippen molar-refractivity contribution in [1.29, 1.82) is 0 Å². The predicted octanol–water partition coefficient (Wildman–Crippen LogP) is 4.38. The molecule has 2 rings (SSSR count). The molecule has 0 fully saturated rings. The van der Waals surface area contributed by atoms with Crippen molar-refractivity contribution in [2.75, 3.05) is 13.2 Å². The first-order valence-corrected chi connectivity index (χ1v) is 12.8. The number of rotatable bonds is 8. The van der Waals surface area contributed by atoms with E-state index in [2.05, 4.69) is 60.0 Å². The molecule has 0 spiro atoms. The van der Waals surface area contributed by atoms with E-state index in [0.29, 0.717) is 18.8 Å². The lowest BCUT2D eigenvalue weighted by Gasteiger charge is -2.36. The molecule has 2 aromatic rings. The summed E-state index contributed by atoms with van der Waals surface area (Å²) >= 11 is 3.27. The summed E-state index contributed by atoms with van der Waals surface area (Å²) in [4.78, 5) is 11.0. The lowest BCUT2D eigenvalue weighted by atomic mass is 10.2. The van der Waals surface area contributed by atoms with Crippen LogP contribution in [0.4, 0.5) is 5.69 Å². The largest absolute Gasteiger partial charge is 0.472 e. The second kappa shape index (κ2) is 8.33. The Kier molecular flexibility index (Phi) is 6.72. The molecule has 0 aromatic carbocycles. The highest BCUT2D eigenvalue weighted by molar-refractivity contribution is 9.10. The van der Waals surface area contributed by atoms with Crippen molar-refractivity contribution in [2.45, 2.75) is 52.2 Å². The van der Waals surface area contributed by atoms with Gasteiger partial charge in [0.25, 0.3) is 0 Å². The maximum atomic E-state index is 11.5. The van der Waals surface area contributed by atoms with Crippen LogP contribution in [-0.2, 0) is 11.5 Å². The van der Waals surface area contributed by atoms with E-state index in [-0.39, 0.29) is 27.8 Å². The molecule has 0 bridgehead atoms. The smallest absolute Gasteiger partial charge is 0.364 e. The molecule has 0 aliphatic carbocycles. The van der Waals surface area contributed by atoms with Gasteiger partial charge in [-0.2, -0.15) is 9.78 Å². The normalized spacial score (nSPS) is 12.4. The fourth-order valence-electron chi connectivity index (χ4n) is 2.34. The Hall–Kier alpha value is -1.72. The van der Waals surface area contributed by atoms with Crippen LogP contribution < -0.4 is 4.74 Å². The van der Waals surface area contributed by atoms with Crippen LogP contribution in [0.1, 0.15) is 32.9 Å². The molecule has 9 nitrogen and oxygen atoms in total. The Morgan fingerprint density at radius 3 is 2.43 bits per heavy atom. The molecule has 2 aromatic heterocycles. The number of halogens is 1. The quantitative estimate of drug-likeness (QED) is 0.244. The summed E-state index contributed by atoms with van der Waals surface area (Å²) in [6.45, 7) is 13.6. The van der Waals surface area contributed by atoms with Gasteiger partial charge < -0.3 is 9.16 Å². The first kappa shape index (κ1) is 22.6. The van der Waals surface area contributed by atoms with Crippen molar-refractivity contribution in [3.05, 3.63) is 26.5 Å². The van der Waals surface area contributed by atoms with Crippen molar-refractivity contribution in [3.63, 3.8) is 0 Å². The van der Waals surface area contributed by atoms with Crippen molar-refractivity contribution in [1.82, 2.24) is 19.6 Å². The zero-order chi connectivity index (χ0) is 21.3. The minimum atomic E-state index is -1.82. The number of nitro groups is 1. The Labute approximate surface area is 174 Å². The van der Waals surface area contributed by atoms with E-state index in [1.54, 1.807) is 17.8 Å². The van der Waals surface area contributed by atoms with Crippen LogP contribution in [-0.4, -0.2) is 46.0 Å². The van der Waals surface area contributed by atoms with Crippen LogP contribution in [0.15, 0.2) is 10.7 Å². The third kappa shape index (κ3) is 4.81. The molecule has 0 N–H and O–H groups in total. The van der Waals surface area contributed by atoms with E-state index >= 15 is 0 Å². The summed E-state index contributed by atoms with van der Waals surface area (Å²) in [7, 11) is -0.0656. The van der Waals surface area contributed by atoms with Crippen LogP contribution in [0.2, 0.25) is 18.1 Å². The van der Waals surface area contributed by atoms with E-state index < -0.39 is 13.2 Å². The summed E-state index contributed by atoms with van der Waals surface area (Å²) in [6.07, 6.45) is 0.624. The molecule has 0 unspecified atom stereocenters. The minimum absolute atomic E-state index is 0.0249. The number of hydrogen-bond acceptors (Lipinski definition) is 6. The van der Waals surface area contributed by atoms with Gasteiger partial charge in [0.05, 0.1) is 17.2 Å². The summed E-state index contributed by atoms with van der Waals surface area (Å²) in [6, 6.07) is 1.79. The van der Waals surface area contributed by atoms with Crippen molar-refractivity contribution < 1.29 is 14.1 Å². The molecule has 0 saturated heterocycles. The summed E-state index contributed by atoms with van der Waals surface area (Å²) in [5.74, 6) is 0.576. The second-order valence-electron chi connectivity index (χ2n) is 8.19. The molecule has 0 aliphatic heterocycles. The van der Waals surface area contributed by atoms with Crippen LogP contribution in [0.25, 0.3) is 5.82 Å². The van der Waals surface area contributed by atoms with Gasteiger partial charge in [0.2, 0.25) is 0 Å². The van der Waals surface area contributed by atoms with Crippen LogP contribution in [0.3, 0.4) is 0 Å². The number of aryl methyl sites for hydroxylation is 2. The van der Waals surface area contributed by atoms with Gasteiger partial charge in [-0.05, 0) is 41.0 Å². The zero-order valence-electron chi connectivity index (χ0n) is 17.4. The zero-order valence-corrected chi connectivity index (χ0v) is 20.0. The predicted molar refractivity (Wildman–Crippen MR) is 113 cm³/mol. The molecule has 156 valence electrons. The van der Waals surface area contributed by atoms with Gasteiger partial charge in [-0.25, -0.2) is 0 Å². The monoisotopic (exact) mass is 473 g/mol. The Balaban J connectivity index is 2.09.